The highest BCUT2D eigenvalue weighted by Crippen LogP contribution is 2.37. The lowest BCUT2D eigenvalue weighted by Gasteiger charge is -2.24. The smallest absolute Gasteiger partial charge is 0.410 e. The standard InChI is InChI=1S/C22H25ClN2O4S/c1-22(2,3)29-21(26)25(4)10-11-28-15-8-6-14(7-9-15)17-12-16(23)20-18(24-17)13-19(27-5)30-20/h6-9,12-13H,10-11H2,1-5H3. The van der Waals surface area contributed by atoms with E-state index < -0.39 is 5.60 Å². The second-order valence-electron chi connectivity index (χ2n) is 7.75. The zero-order valence-electron chi connectivity index (χ0n) is 17.7. The van der Waals surface area contributed by atoms with Crippen molar-refractivity contribution in [2.75, 3.05) is 27.3 Å². The van der Waals surface area contributed by atoms with E-state index in [2.05, 4.69) is 4.98 Å². The maximum absolute atomic E-state index is 12.0. The summed E-state index contributed by atoms with van der Waals surface area (Å²) in [6, 6.07) is 11.3. The van der Waals surface area contributed by atoms with Crippen LogP contribution in [0.4, 0.5) is 4.79 Å². The Hall–Kier alpha value is -2.51. The van der Waals surface area contributed by atoms with Crippen molar-refractivity contribution in [2.24, 2.45) is 0 Å². The molecule has 0 unspecified atom stereocenters. The summed E-state index contributed by atoms with van der Waals surface area (Å²) in [6.07, 6.45) is -0.371. The summed E-state index contributed by atoms with van der Waals surface area (Å²) in [6.45, 7) is 6.30. The van der Waals surface area contributed by atoms with Crippen LogP contribution in [-0.2, 0) is 4.74 Å². The van der Waals surface area contributed by atoms with Gasteiger partial charge in [0, 0.05) is 18.7 Å². The van der Waals surface area contributed by atoms with E-state index in [1.807, 2.05) is 57.2 Å². The quantitative estimate of drug-likeness (QED) is 0.471. The number of aromatic nitrogens is 1. The van der Waals surface area contributed by atoms with Gasteiger partial charge < -0.3 is 19.1 Å². The molecule has 8 heteroatoms. The third-order valence-corrected chi connectivity index (χ3v) is 5.69. The van der Waals surface area contributed by atoms with Crippen LogP contribution in [0.1, 0.15) is 20.8 Å². The minimum Gasteiger partial charge on any atom is -0.492 e. The van der Waals surface area contributed by atoms with E-state index in [4.69, 9.17) is 25.8 Å². The van der Waals surface area contributed by atoms with Crippen LogP contribution in [0.25, 0.3) is 21.5 Å². The van der Waals surface area contributed by atoms with E-state index in [1.165, 1.54) is 16.2 Å². The summed E-state index contributed by atoms with van der Waals surface area (Å²) in [7, 11) is 3.31. The molecule has 0 saturated heterocycles. The first-order valence-corrected chi connectivity index (χ1v) is 10.7. The van der Waals surface area contributed by atoms with Gasteiger partial charge in [0.2, 0.25) is 0 Å². The SMILES string of the molecule is COc1cc2nc(-c3ccc(OCCN(C)C(=O)OC(C)(C)C)cc3)cc(Cl)c2s1. The highest BCUT2D eigenvalue weighted by molar-refractivity contribution is 7.21. The Balaban J connectivity index is 1.61. The van der Waals surface area contributed by atoms with Crippen LogP contribution < -0.4 is 9.47 Å². The second-order valence-corrected chi connectivity index (χ2v) is 9.17. The van der Waals surface area contributed by atoms with Crippen molar-refractivity contribution in [1.82, 2.24) is 9.88 Å². The van der Waals surface area contributed by atoms with Gasteiger partial charge in [-0.05, 0) is 51.1 Å². The molecular weight excluding hydrogens is 424 g/mol. The summed E-state index contributed by atoms with van der Waals surface area (Å²) in [5, 5.41) is 1.42. The van der Waals surface area contributed by atoms with E-state index in [1.54, 1.807) is 14.2 Å². The molecule has 2 aromatic heterocycles. The van der Waals surface area contributed by atoms with Gasteiger partial charge in [-0.2, -0.15) is 0 Å². The van der Waals surface area contributed by atoms with E-state index >= 15 is 0 Å². The van der Waals surface area contributed by atoms with Gasteiger partial charge in [0.25, 0.3) is 0 Å². The van der Waals surface area contributed by atoms with Crippen LogP contribution in [0, 0.1) is 0 Å². The molecule has 1 amide bonds. The number of thiophene rings is 1. The molecule has 160 valence electrons. The molecule has 0 fully saturated rings. The van der Waals surface area contributed by atoms with Crippen molar-refractivity contribution in [1.29, 1.82) is 0 Å². The number of carbonyl (C=O) groups is 1. The fourth-order valence-corrected chi connectivity index (χ4v) is 3.80. The topological polar surface area (TPSA) is 60.9 Å². The van der Waals surface area contributed by atoms with Crippen molar-refractivity contribution in [3.63, 3.8) is 0 Å². The number of hydrogen-bond acceptors (Lipinski definition) is 6. The summed E-state index contributed by atoms with van der Waals surface area (Å²) < 4.78 is 17.3. The number of hydrogen-bond donors (Lipinski definition) is 0. The van der Waals surface area contributed by atoms with Gasteiger partial charge in [-0.1, -0.05) is 22.9 Å². The van der Waals surface area contributed by atoms with E-state index in [-0.39, 0.29) is 6.09 Å². The molecule has 0 radical (unpaired) electrons. The predicted octanol–water partition coefficient (Wildman–Crippen LogP) is 5.87. The van der Waals surface area contributed by atoms with Crippen LogP contribution in [-0.4, -0.2) is 48.9 Å². The van der Waals surface area contributed by atoms with Crippen LogP contribution in [0.15, 0.2) is 36.4 Å². The Kier molecular flexibility index (Phi) is 6.73. The minimum atomic E-state index is -0.518. The van der Waals surface area contributed by atoms with Crippen molar-refractivity contribution in [3.05, 3.63) is 41.4 Å². The molecule has 1 aromatic carbocycles. The van der Waals surface area contributed by atoms with Gasteiger partial charge in [0.1, 0.15) is 18.0 Å². The fraction of sp³-hybridized carbons (Fsp3) is 0.364. The number of halogens is 1. The number of likely N-dealkylation sites (N-methyl/N-ethyl adjacent to an activating group) is 1. The summed E-state index contributed by atoms with van der Waals surface area (Å²) in [5.74, 6) is 0.709. The lowest BCUT2D eigenvalue weighted by atomic mass is 10.1. The third kappa shape index (κ3) is 5.55. The molecule has 0 aliphatic heterocycles. The first-order chi connectivity index (χ1) is 14.2. The Morgan fingerprint density at radius 3 is 2.53 bits per heavy atom. The number of fused-ring (bicyclic) bond motifs is 1. The Bertz CT molecular complexity index is 1030. The van der Waals surface area contributed by atoms with Gasteiger partial charge >= 0.3 is 6.09 Å². The van der Waals surface area contributed by atoms with Gasteiger partial charge in [-0.15, -0.1) is 0 Å². The average molecular weight is 449 g/mol. The number of ether oxygens (including phenoxy) is 3. The maximum atomic E-state index is 12.0. The number of methoxy groups -OCH3 is 1. The molecule has 0 spiro atoms. The van der Waals surface area contributed by atoms with Crippen LogP contribution in [0.5, 0.6) is 10.8 Å². The number of amides is 1. The molecule has 0 N–H and O–H groups in total. The monoisotopic (exact) mass is 448 g/mol. The molecular formula is C22H25ClN2O4S. The molecule has 30 heavy (non-hydrogen) atoms. The largest absolute Gasteiger partial charge is 0.492 e. The lowest BCUT2D eigenvalue weighted by molar-refractivity contribution is 0.0278. The molecule has 3 aromatic rings. The second kappa shape index (κ2) is 9.10. The van der Waals surface area contributed by atoms with Gasteiger partial charge in [0.05, 0.1) is 34.6 Å². The molecule has 0 saturated carbocycles. The van der Waals surface area contributed by atoms with Crippen molar-refractivity contribution in [2.45, 2.75) is 26.4 Å². The van der Waals surface area contributed by atoms with Crippen LogP contribution in [0.3, 0.4) is 0 Å². The van der Waals surface area contributed by atoms with Gasteiger partial charge in [0.15, 0.2) is 5.06 Å². The zero-order valence-corrected chi connectivity index (χ0v) is 19.3. The van der Waals surface area contributed by atoms with Gasteiger partial charge in [-0.3, -0.25) is 0 Å². The Labute approximate surface area is 185 Å². The Morgan fingerprint density at radius 1 is 1.20 bits per heavy atom. The molecule has 0 bridgehead atoms. The molecule has 3 rings (SSSR count). The van der Waals surface area contributed by atoms with Crippen LogP contribution >= 0.6 is 22.9 Å². The van der Waals surface area contributed by atoms with E-state index in [9.17, 15) is 4.79 Å². The van der Waals surface area contributed by atoms with Crippen LogP contribution in [0.2, 0.25) is 5.02 Å². The molecule has 2 heterocycles. The predicted molar refractivity (Wildman–Crippen MR) is 121 cm³/mol. The van der Waals surface area contributed by atoms with Crippen molar-refractivity contribution >= 4 is 39.2 Å². The fourth-order valence-electron chi connectivity index (χ4n) is 2.66. The Morgan fingerprint density at radius 2 is 1.90 bits per heavy atom. The first-order valence-electron chi connectivity index (χ1n) is 9.48. The van der Waals surface area contributed by atoms with E-state index in [0.29, 0.717) is 23.9 Å². The first kappa shape index (κ1) is 22.2. The number of carbonyl (C=O) groups excluding carboxylic acids is 1. The molecule has 6 nitrogen and oxygen atoms in total. The van der Waals surface area contributed by atoms with E-state index in [0.717, 1.165) is 26.5 Å². The normalized spacial score (nSPS) is 11.4. The van der Waals surface area contributed by atoms with Gasteiger partial charge in [-0.25, -0.2) is 9.78 Å². The number of nitrogens with zero attached hydrogens (tertiary/aromatic N) is 2. The molecule has 0 aliphatic carbocycles. The van der Waals surface area contributed by atoms with Crippen molar-refractivity contribution < 1.29 is 19.0 Å². The summed E-state index contributed by atoms with van der Waals surface area (Å²) in [4.78, 5) is 18.1. The maximum Gasteiger partial charge on any atom is 0.410 e. The molecule has 0 aliphatic rings. The zero-order chi connectivity index (χ0) is 21.9. The minimum absolute atomic E-state index is 0.361. The number of rotatable bonds is 6. The summed E-state index contributed by atoms with van der Waals surface area (Å²) in [5.41, 5.74) is 2.01. The highest BCUT2D eigenvalue weighted by Gasteiger charge is 2.19. The third-order valence-electron chi connectivity index (χ3n) is 4.16. The molecule has 0 atom stereocenters. The highest BCUT2D eigenvalue weighted by atomic mass is 35.5. The number of pyridine rings is 1. The lowest BCUT2D eigenvalue weighted by Crippen LogP contribution is -2.36. The summed E-state index contributed by atoms with van der Waals surface area (Å²) >= 11 is 7.90. The number of benzene rings is 1. The van der Waals surface area contributed by atoms with Crippen molar-refractivity contribution in [3.8, 4) is 22.1 Å². The average Bonchev–Trinajstić information content (AvgIpc) is 3.11.